The number of likely N-dealkylation sites (tertiary alicyclic amines) is 1. The Bertz CT molecular complexity index is 558. The van der Waals surface area contributed by atoms with Crippen LogP contribution < -0.4 is 0 Å². The molecule has 1 atom stereocenters. The summed E-state index contributed by atoms with van der Waals surface area (Å²) in [6.07, 6.45) is 0.864. The van der Waals surface area contributed by atoms with Crippen LogP contribution in [0.5, 0.6) is 0 Å². The summed E-state index contributed by atoms with van der Waals surface area (Å²) in [5, 5.41) is 0. The number of carbonyl (C=O) groups is 1. The van der Waals surface area contributed by atoms with Crippen molar-refractivity contribution in [2.24, 2.45) is 0 Å². The van der Waals surface area contributed by atoms with E-state index in [1.165, 1.54) is 18.2 Å². The van der Waals surface area contributed by atoms with Gasteiger partial charge in [-0.05, 0) is 17.5 Å². The minimum atomic E-state index is -0.141. The number of hydrogen-bond donors (Lipinski definition) is 0. The fraction of sp³-hybridized carbons (Fsp3) is 0.278. The Morgan fingerprint density at radius 3 is 1.95 bits per heavy atom. The molecule has 1 aliphatic rings. The van der Waals surface area contributed by atoms with E-state index in [2.05, 4.69) is 29.2 Å². The number of esters is 1. The van der Waals surface area contributed by atoms with Crippen molar-refractivity contribution >= 4 is 5.97 Å². The molecular formula is C18H19NO2. The van der Waals surface area contributed by atoms with E-state index >= 15 is 0 Å². The van der Waals surface area contributed by atoms with Gasteiger partial charge in [0.2, 0.25) is 0 Å². The fourth-order valence-electron chi connectivity index (χ4n) is 2.95. The SMILES string of the molecule is COC(=O)[C@@H]1CCN1C(c1ccccc1)c1ccccc1. The summed E-state index contributed by atoms with van der Waals surface area (Å²) in [5.41, 5.74) is 2.41. The maximum atomic E-state index is 11.9. The molecule has 0 aromatic heterocycles. The van der Waals surface area contributed by atoms with Gasteiger partial charge in [-0.25, -0.2) is 0 Å². The molecule has 0 spiro atoms. The highest BCUT2D eigenvalue weighted by Gasteiger charge is 2.40. The van der Waals surface area contributed by atoms with Crippen molar-refractivity contribution in [3.05, 3.63) is 71.8 Å². The van der Waals surface area contributed by atoms with E-state index in [1.54, 1.807) is 0 Å². The molecule has 0 amide bonds. The maximum Gasteiger partial charge on any atom is 0.323 e. The Kier molecular flexibility index (Phi) is 4.02. The number of carbonyl (C=O) groups excluding carboxylic acids is 1. The van der Waals surface area contributed by atoms with E-state index < -0.39 is 0 Å². The third kappa shape index (κ3) is 2.69. The largest absolute Gasteiger partial charge is 0.468 e. The highest BCUT2D eigenvalue weighted by molar-refractivity contribution is 5.77. The second-order valence-corrected chi connectivity index (χ2v) is 5.29. The Labute approximate surface area is 125 Å². The van der Waals surface area contributed by atoms with Crippen LogP contribution in [0.25, 0.3) is 0 Å². The Morgan fingerprint density at radius 1 is 1.05 bits per heavy atom. The van der Waals surface area contributed by atoms with Crippen LogP contribution in [0.15, 0.2) is 60.7 Å². The lowest BCUT2D eigenvalue weighted by Crippen LogP contribution is -2.54. The van der Waals surface area contributed by atoms with E-state index in [0.29, 0.717) is 0 Å². The molecule has 0 saturated carbocycles. The maximum absolute atomic E-state index is 11.9. The lowest BCUT2D eigenvalue weighted by atomic mass is 9.90. The van der Waals surface area contributed by atoms with Crippen molar-refractivity contribution in [2.45, 2.75) is 18.5 Å². The molecule has 21 heavy (non-hydrogen) atoms. The van der Waals surface area contributed by atoms with Crippen LogP contribution in [0.1, 0.15) is 23.6 Å². The molecule has 1 saturated heterocycles. The molecule has 1 heterocycles. The molecule has 3 heteroatoms. The van der Waals surface area contributed by atoms with Crippen molar-refractivity contribution < 1.29 is 9.53 Å². The predicted molar refractivity (Wildman–Crippen MR) is 81.9 cm³/mol. The molecule has 1 aliphatic heterocycles. The van der Waals surface area contributed by atoms with Gasteiger partial charge in [0.25, 0.3) is 0 Å². The van der Waals surface area contributed by atoms with Gasteiger partial charge in [-0.3, -0.25) is 9.69 Å². The first kappa shape index (κ1) is 13.8. The standard InChI is InChI=1S/C18H19NO2/c1-21-18(20)16-12-13-19(16)17(14-8-4-2-5-9-14)15-10-6-3-7-11-15/h2-11,16-17H,12-13H2,1H3/t16-/m0/s1. The molecule has 3 rings (SSSR count). The van der Waals surface area contributed by atoms with E-state index in [4.69, 9.17) is 4.74 Å². The fourth-order valence-corrected chi connectivity index (χ4v) is 2.95. The molecule has 2 aromatic rings. The van der Waals surface area contributed by atoms with Crippen LogP contribution in [0, 0.1) is 0 Å². The smallest absolute Gasteiger partial charge is 0.323 e. The van der Waals surface area contributed by atoms with Gasteiger partial charge >= 0.3 is 5.97 Å². The number of ether oxygens (including phenoxy) is 1. The highest BCUT2D eigenvalue weighted by Crippen LogP contribution is 2.35. The van der Waals surface area contributed by atoms with Crippen molar-refractivity contribution in [1.29, 1.82) is 0 Å². The third-order valence-electron chi connectivity index (χ3n) is 4.10. The van der Waals surface area contributed by atoms with Crippen LogP contribution in [-0.2, 0) is 9.53 Å². The zero-order valence-corrected chi connectivity index (χ0v) is 12.1. The van der Waals surface area contributed by atoms with Gasteiger partial charge in [-0.15, -0.1) is 0 Å². The number of rotatable bonds is 4. The molecule has 0 radical (unpaired) electrons. The minimum Gasteiger partial charge on any atom is -0.468 e. The van der Waals surface area contributed by atoms with Gasteiger partial charge < -0.3 is 4.74 Å². The normalized spacial score (nSPS) is 18.3. The number of methoxy groups -OCH3 is 1. The van der Waals surface area contributed by atoms with Crippen LogP contribution in [0.3, 0.4) is 0 Å². The third-order valence-corrected chi connectivity index (χ3v) is 4.10. The second-order valence-electron chi connectivity index (χ2n) is 5.29. The van der Waals surface area contributed by atoms with E-state index in [0.717, 1.165) is 13.0 Å². The summed E-state index contributed by atoms with van der Waals surface area (Å²) in [7, 11) is 1.46. The first-order chi connectivity index (χ1) is 10.3. The predicted octanol–water partition coefficient (Wildman–Crippen LogP) is 3.02. The Balaban J connectivity index is 1.96. The molecule has 3 nitrogen and oxygen atoms in total. The summed E-state index contributed by atoms with van der Waals surface area (Å²) >= 11 is 0. The van der Waals surface area contributed by atoms with Crippen LogP contribution >= 0.6 is 0 Å². The summed E-state index contributed by atoms with van der Waals surface area (Å²) in [5.74, 6) is -0.141. The second kappa shape index (κ2) is 6.10. The zero-order chi connectivity index (χ0) is 14.7. The molecule has 0 unspecified atom stereocenters. The van der Waals surface area contributed by atoms with E-state index in [-0.39, 0.29) is 18.1 Å². The molecule has 1 fully saturated rings. The molecule has 2 aromatic carbocycles. The Hall–Kier alpha value is -2.13. The first-order valence-electron chi connectivity index (χ1n) is 7.24. The minimum absolute atomic E-state index is 0.102. The summed E-state index contributed by atoms with van der Waals surface area (Å²) < 4.78 is 4.93. The average molecular weight is 281 g/mol. The van der Waals surface area contributed by atoms with Crippen molar-refractivity contribution in [1.82, 2.24) is 4.90 Å². The van der Waals surface area contributed by atoms with Crippen LogP contribution in [-0.4, -0.2) is 30.6 Å². The average Bonchev–Trinajstić information content (AvgIpc) is 2.52. The first-order valence-corrected chi connectivity index (χ1v) is 7.24. The lowest BCUT2D eigenvalue weighted by Gasteiger charge is -2.44. The summed E-state index contributed by atoms with van der Waals surface area (Å²) in [6, 6.07) is 20.6. The quantitative estimate of drug-likeness (QED) is 0.807. The van der Waals surface area contributed by atoms with Crippen LogP contribution in [0.2, 0.25) is 0 Å². The van der Waals surface area contributed by atoms with Gasteiger partial charge in [-0.2, -0.15) is 0 Å². The summed E-state index contributed by atoms with van der Waals surface area (Å²) in [4.78, 5) is 14.1. The van der Waals surface area contributed by atoms with E-state index in [1.807, 2.05) is 36.4 Å². The van der Waals surface area contributed by atoms with Crippen LogP contribution in [0.4, 0.5) is 0 Å². The molecule has 108 valence electrons. The number of nitrogens with zero attached hydrogens (tertiary/aromatic N) is 1. The van der Waals surface area contributed by atoms with Gasteiger partial charge in [0.05, 0.1) is 13.2 Å². The zero-order valence-electron chi connectivity index (χ0n) is 12.1. The number of hydrogen-bond acceptors (Lipinski definition) is 3. The monoisotopic (exact) mass is 281 g/mol. The van der Waals surface area contributed by atoms with Crippen molar-refractivity contribution in [2.75, 3.05) is 13.7 Å². The summed E-state index contributed by atoms with van der Waals surface area (Å²) in [6.45, 7) is 0.911. The number of benzene rings is 2. The highest BCUT2D eigenvalue weighted by atomic mass is 16.5. The van der Waals surface area contributed by atoms with Crippen molar-refractivity contribution in [3.63, 3.8) is 0 Å². The van der Waals surface area contributed by atoms with Gasteiger partial charge in [-0.1, -0.05) is 60.7 Å². The molecule has 0 aliphatic carbocycles. The molecule has 0 N–H and O–H groups in total. The van der Waals surface area contributed by atoms with Gasteiger partial charge in [0, 0.05) is 6.54 Å². The topological polar surface area (TPSA) is 29.5 Å². The van der Waals surface area contributed by atoms with Gasteiger partial charge in [0.15, 0.2) is 0 Å². The molecule has 0 bridgehead atoms. The van der Waals surface area contributed by atoms with Crippen molar-refractivity contribution in [3.8, 4) is 0 Å². The van der Waals surface area contributed by atoms with E-state index in [9.17, 15) is 4.79 Å². The Morgan fingerprint density at radius 2 is 1.57 bits per heavy atom. The lowest BCUT2D eigenvalue weighted by molar-refractivity contribution is -0.153. The molecular weight excluding hydrogens is 262 g/mol. The van der Waals surface area contributed by atoms with Gasteiger partial charge in [0.1, 0.15) is 6.04 Å².